The van der Waals surface area contributed by atoms with Crippen LogP contribution in [0, 0.1) is 0 Å². The maximum atomic E-state index is 4.97. The van der Waals surface area contributed by atoms with E-state index in [1.54, 1.807) is 13.3 Å². The molecule has 76 valence electrons. The second-order valence-corrected chi connectivity index (χ2v) is 3.07. The first-order valence-corrected chi connectivity index (χ1v) is 4.61. The second-order valence-electron chi connectivity index (χ2n) is 3.07. The van der Waals surface area contributed by atoms with Gasteiger partial charge in [0.1, 0.15) is 0 Å². The van der Waals surface area contributed by atoms with Gasteiger partial charge >= 0.3 is 0 Å². The Bertz CT molecular complexity index is 293. The van der Waals surface area contributed by atoms with Crippen LogP contribution in [0.15, 0.2) is 24.4 Å². The van der Waals surface area contributed by atoms with E-state index < -0.39 is 0 Å². The first-order valence-electron chi connectivity index (χ1n) is 4.61. The molecule has 3 nitrogen and oxygen atoms in total. The molecule has 0 bridgehead atoms. The topological polar surface area (TPSA) is 34.1 Å². The molecule has 3 heteroatoms. The van der Waals surface area contributed by atoms with Gasteiger partial charge in [-0.3, -0.25) is 0 Å². The highest BCUT2D eigenvalue weighted by Crippen LogP contribution is 2.08. The third-order valence-electron chi connectivity index (χ3n) is 2.00. The Labute approximate surface area is 84.8 Å². The lowest BCUT2D eigenvalue weighted by atomic mass is 10.2. The predicted octanol–water partition coefficient (Wildman–Crippen LogP) is 1.71. The van der Waals surface area contributed by atoms with E-state index in [0.717, 1.165) is 5.56 Å². The van der Waals surface area contributed by atoms with E-state index in [4.69, 9.17) is 4.74 Å². The third-order valence-corrected chi connectivity index (χ3v) is 2.00. The molecular formula is C11H16N2O. The number of likely N-dealkylation sites (N-methyl/N-ethyl adjacent to an activating group) is 1. The Morgan fingerprint density at radius 3 is 2.79 bits per heavy atom. The van der Waals surface area contributed by atoms with Crippen molar-refractivity contribution in [1.29, 1.82) is 0 Å². The Morgan fingerprint density at radius 2 is 2.29 bits per heavy atom. The van der Waals surface area contributed by atoms with Crippen molar-refractivity contribution in [2.45, 2.75) is 13.0 Å². The fourth-order valence-corrected chi connectivity index (χ4v) is 0.963. The summed E-state index contributed by atoms with van der Waals surface area (Å²) >= 11 is 0. The van der Waals surface area contributed by atoms with Crippen LogP contribution in [0.4, 0.5) is 0 Å². The van der Waals surface area contributed by atoms with Crippen molar-refractivity contribution in [3.05, 3.63) is 30.0 Å². The summed E-state index contributed by atoms with van der Waals surface area (Å²) in [6, 6.07) is 4.20. The summed E-state index contributed by atoms with van der Waals surface area (Å²) in [6.07, 6.45) is 5.91. The zero-order valence-electron chi connectivity index (χ0n) is 8.82. The van der Waals surface area contributed by atoms with Gasteiger partial charge in [0.25, 0.3) is 0 Å². The first-order chi connectivity index (χ1) is 6.76. The van der Waals surface area contributed by atoms with Gasteiger partial charge in [0.05, 0.1) is 7.11 Å². The molecule has 0 spiro atoms. The molecule has 14 heavy (non-hydrogen) atoms. The normalized spacial score (nSPS) is 13.1. The fourth-order valence-electron chi connectivity index (χ4n) is 0.963. The molecule has 1 unspecified atom stereocenters. The highest BCUT2D eigenvalue weighted by atomic mass is 16.5. The Kier molecular flexibility index (Phi) is 4.13. The molecule has 0 radical (unpaired) electrons. The van der Waals surface area contributed by atoms with Crippen LogP contribution in [0.5, 0.6) is 5.88 Å². The molecule has 1 aromatic heterocycles. The zero-order valence-corrected chi connectivity index (χ0v) is 8.82. The summed E-state index contributed by atoms with van der Waals surface area (Å²) in [7, 11) is 3.54. The lowest BCUT2D eigenvalue weighted by Crippen LogP contribution is -2.17. The molecule has 1 aromatic rings. The minimum Gasteiger partial charge on any atom is -0.481 e. The van der Waals surface area contributed by atoms with Crippen molar-refractivity contribution in [3.8, 4) is 5.88 Å². The van der Waals surface area contributed by atoms with Crippen LogP contribution in [-0.2, 0) is 0 Å². The van der Waals surface area contributed by atoms with Gasteiger partial charge in [0.15, 0.2) is 0 Å². The van der Waals surface area contributed by atoms with E-state index in [2.05, 4.69) is 23.3 Å². The standard InChI is InChI=1S/C11H16N2O/c1-9(12-2)4-5-10-6-7-11(14-3)13-8-10/h4-9,12H,1-3H3/b5-4+. The van der Waals surface area contributed by atoms with Crippen molar-refractivity contribution in [2.75, 3.05) is 14.2 Å². The van der Waals surface area contributed by atoms with E-state index >= 15 is 0 Å². The molecule has 0 aliphatic heterocycles. The van der Waals surface area contributed by atoms with Crippen LogP contribution in [0.25, 0.3) is 6.08 Å². The van der Waals surface area contributed by atoms with Gasteiger partial charge < -0.3 is 10.1 Å². The molecule has 0 aliphatic rings. The van der Waals surface area contributed by atoms with Crippen molar-refractivity contribution in [2.24, 2.45) is 0 Å². The molecule has 0 aromatic carbocycles. The summed E-state index contributed by atoms with van der Waals surface area (Å²) in [5.74, 6) is 0.642. The molecule has 0 aliphatic carbocycles. The van der Waals surface area contributed by atoms with Gasteiger partial charge in [-0.1, -0.05) is 12.2 Å². The molecule has 0 saturated heterocycles. The summed E-state index contributed by atoms with van der Waals surface area (Å²) in [6.45, 7) is 2.09. The quantitative estimate of drug-likeness (QED) is 0.788. The van der Waals surface area contributed by atoms with Gasteiger partial charge in [-0.2, -0.15) is 0 Å². The minimum absolute atomic E-state index is 0.372. The predicted molar refractivity (Wildman–Crippen MR) is 58.3 cm³/mol. The van der Waals surface area contributed by atoms with Gasteiger partial charge in [-0.25, -0.2) is 4.98 Å². The van der Waals surface area contributed by atoms with Crippen LogP contribution in [0.2, 0.25) is 0 Å². The Balaban J connectivity index is 2.64. The molecule has 1 rings (SSSR count). The molecular weight excluding hydrogens is 176 g/mol. The highest BCUT2D eigenvalue weighted by Gasteiger charge is 1.93. The molecule has 1 heterocycles. The average Bonchev–Trinajstić information content (AvgIpc) is 2.26. The number of pyridine rings is 1. The Morgan fingerprint density at radius 1 is 1.50 bits per heavy atom. The number of ether oxygens (including phenoxy) is 1. The largest absolute Gasteiger partial charge is 0.481 e. The summed E-state index contributed by atoms with van der Waals surface area (Å²) in [5, 5.41) is 3.13. The van der Waals surface area contributed by atoms with Crippen molar-refractivity contribution < 1.29 is 4.74 Å². The summed E-state index contributed by atoms with van der Waals surface area (Å²) in [4.78, 5) is 4.11. The Hall–Kier alpha value is -1.35. The molecule has 0 fully saturated rings. The third kappa shape index (κ3) is 3.18. The smallest absolute Gasteiger partial charge is 0.212 e. The molecule has 0 amide bonds. The number of hydrogen-bond donors (Lipinski definition) is 1. The van der Waals surface area contributed by atoms with E-state index in [-0.39, 0.29) is 0 Å². The van der Waals surface area contributed by atoms with Crippen LogP contribution in [0.1, 0.15) is 12.5 Å². The average molecular weight is 192 g/mol. The van der Waals surface area contributed by atoms with Crippen LogP contribution < -0.4 is 10.1 Å². The maximum Gasteiger partial charge on any atom is 0.212 e. The fraction of sp³-hybridized carbons (Fsp3) is 0.364. The second kappa shape index (κ2) is 5.40. The number of methoxy groups -OCH3 is 1. The summed E-state index contributed by atoms with van der Waals surface area (Å²) < 4.78 is 4.97. The minimum atomic E-state index is 0.372. The van der Waals surface area contributed by atoms with Crippen LogP contribution >= 0.6 is 0 Å². The number of hydrogen-bond acceptors (Lipinski definition) is 3. The summed E-state index contributed by atoms with van der Waals surface area (Å²) in [5.41, 5.74) is 1.08. The number of aromatic nitrogens is 1. The highest BCUT2D eigenvalue weighted by molar-refractivity contribution is 5.48. The van der Waals surface area contributed by atoms with E-state index in [9.17, 15) is 0 Å². The van der Waals surface area contributed by atoms with Gasteiger partial charge in [-0.15, -0.1) is 0 Å². The van der Waals surface area contributed by atoms with Crippen molar-refractivity contribution >= 4 is 6.08 Å². The maximum absolute atomic E-state index is 4.97. The zero-order chi connectivity index (χ0) is 10.4. The van der Waals surface area contributed by atoms with Gasteiger partial charge in [0.2, 0.25) is 5.88 Å². The van der Waals surface area contributed by atoms with E-state index in [1.165, 1.54) is 0 Å². The molecule has 1 atom stereocenters. The molecule has 0 saturated carbocycles. The monoisotopic (exact) mass is 192 g/mol. The number of nitrogens with zero attached hydrogens (tertiary/aromatic N) is 1. The van der Waals surface area contributed by atoms with Gasteiger partial charge in [0, 0.05) is 18.3 Å². The van der Waals surface area contributed by atoms with Crippen molar-refractivity contribution in [1.82, 2.24) is 10.3 Å². The first kappa shape index (κ1) is 10.7. The SMILES string of the molecule is CNC(C)/C=C/c1ccc(OC)nc1. The number of rotatable bonds is 4. The van der Waals surface area contributed by atoms with Crippen LogP contribution in [0.3, 0.4) is 0 Å². The van der Waals surface area contributed by atoms with Crippen LogP contribution in [-0.4, -0.2) is 25.2 Å². The van der Waals surface area contributed by atoms with Crippen molar-refractivity contribution in [3.63, 3.8) is 0 Å². The van der Waals surface area contributed by atoms with E-state index in [1.807, 2.05) is 25.3 Å². The van der Waals surface area contributed by atoms with Gasteiger partial charge in [-0.05, 0) is 25.6 Å². The lowest BCUT2D eigenvalue weighted by Gasteiger charge is -2.02. The lowest BCUT2D eigenvalue weighted by molar-refractivity contribution is 0.398. The molecule has 1 N–H and O–H groups in total. The van der Waals surface area contributed by atoms with E-state index in [0.29, 0.717) is 11.9 Å². The number of nitrogens with one attached hydrogen (secondary N) is 1.